The van der Waals surface area contributed by atoms with Gasteiger partial charge in [-0.05, 0) is 32.4 Å². The molecule has 0 fully saturated rings. The van der Waals surface area contributed by atoms with Gasteiger partial charge < -0.3 is 0 Å². The first-order chi connectivity index (χ1) is 7.91. The fourth-order valence-electron chi connectivity index (χ4n) is 1.55. The van der Waals surface area contributed by atoms with Crippen LogP contribution < -0.4 is 0 Å². The van der Waals surface area contributed by atoms with Gasteiger partial charge in [0.1, 0.15) is 0 Å². The highest BCUT2D eigenvalue weighted by Gasteiger charge is 2.29. The van der Waals surface area contributed by atoms with Crippen molar-refractivity contribution in [1.82, 2.24) is 9.29 Å². The van der Waals surface area contributed by atoms with Gasteiger partial charge in [0.25, 0.3) is 10.0 Å². The van der Waals surface area contributed by atoms with Crippen molar-refractivity contribution >= 4 is 10.0 Å². The predicted octanol–water partition coefficient (Wildman–Crippen LogP) is 2.03. The molecule has 0 saturated heterocycles. The molecule has 6 heteroatoms. The summed E-state index contributed by atoms with van der Waals surface area (Å²) in [7, 11) is -3.85. The minimum Gasteiger partial charge on any atom is -0.241 e. The second-order valence-electron chi connectivity index (χ2n) is 4.00. The smallest absolute Gasteiger partial charge is 0.241 e. The number of hydrogen-bond donors (Lipinski definition) is 0. The Morgan fingerprint density at radius 3 is 2.59 bits per heavy atom. The average molecular weight is 260 g/mol. The van der Waals surface area contributed by atoms with Crippen molar-refractivity contribution < 1.29 is 12.8 Å². The minimum absolute atomic E-state index is 0.221. The maximum Gasteiger partial charge on any atom is 0.263 e. The SMILES string of the molecule is CCCN(C(C)C)S(=O)(=O)c1ncccc1F. The summed E-state index contributed by atoms with van der Waals surface area (Å²) in [6.45, 7) is 5.75. The molecule has 0 aliphatic heterocycles. The molecule has 0 saturated carbocycles. The molecule has 1 aromatic rings. The highest BCUT2D eigenvalue weighted by molar-refractivity contribution is 7.89. The molecule has 0 radical (unpaired) electrons. The van der Waals surface area contributed by atoms with E-state index in [1.54, 1.807) is 13.8 Å². The zero-order chi connectivity index (χ0) is 13.1. The Hall–Kier alpha value is -1.01. The first-order valence-electron chi connectivity index (χ1n) is 5.53. The van der Waals surface area contributed by atoms with Crippen molar-refractivity contribution in [3.05, 3.63) is 24.1 Å². The van der Waals surface area contributed by atoms with E-state index in [-0.39, 0.29) is 6.04 Å². The molecule has 17 heavy (non-hydrogen) atoms. The third kappa shape index (κ3) is 3.01. The van der Waals surface area contributed by atoms with Crippen LogP contribution in [0.25, 0.3) is 0 Å². The standard InChI is InChI=1S/C11H17FN2O2S/c1-4-8-14(9(2)3)17(15,16)11-10(12)6-5-7-13-11/h5-7,9H,4,8H2,1-3H3. The zero-order valence-electron chi connectivity index (χ0n) is 10.2. The monoisotopic (exact) mass is 260 g/mol. The van der Waals surface area contributed by atoms with Crippen LogP contribution in [0, 0.1) is 5.82 Å². The van der Waals surface area contributed by atoms with Crippen LogP contribution in [0.4, 0.5) is 4.39 Å². The largest absolute Gasteiger partial charge is 0.263 e. The molecule has 0 spiro atoms. The second-order valence-corrected chi connectivity index (χ2v) is 5.81. The topological polar surface area (TPSA) is 50.3 Å². The quantitative estimate of drug-likeness (QED) is 0.814. The van der Waals surface area contributed by atoms with Crippen molar-refractivity contribution in [2.45, 2.75) is 38.3 Å². The van der Waals surface area contributed by atoms with E-state index in [4.69, 9.17) is 0 Å². The fourth-order valence-corrected chi connectivity index (χ4v) is 3.26. The van der Waals surface area contributed by atoms with Gasteiger partial charge in [-0.3, -0.25) is 0 Å². The highest BCUT2D eigenvalue weighted by Crippen LogP contribution is 2.18. The van der Waals surface area contributed by atoms with E-state index in [1.807, 2.05) is 6.92 Å². The number of hydrogen-bond acceptors (Lipinski definition) is 3. The summed E-state index contributed by atoms with van der Waals surface area (Å²) in [5.41, 5.74) is 0. The molecule has 0 N–H and O–H groups in total. The summed E-state index contributed by atoms with van der Waals surface area (Å²) in [6, 6.07) is 2.25. The maximum atomic E-state index is 13.5. The first kappa shape index (κ1) is 14.1. The Morgan fingerprint density at radius 1 is 1.47 bits per heavy atom. The number of aromatic nitrogens is 1. The summed E-state index contributed by atoms with van der Waals surface area (Å²) in [5.74, 6) is -0.811. The lowest BCUT2D eigenvalue weighted by molar-refractivity contribution is 0.350. The highest BCUT2D eigenvalue weighted by atomic mass is 32.2. The van der Waals surface area contributed by atoms with E-state index >= 15 is 0 Å². The van der Waals surface area contributed by atoms with Crippen molar-refractivity contribution in [3.8, 4) is 0 Å². The van der Waals surface area contributed by atoms with E-state index in [1.165, 1.54) is 16.6 Å². The summed E-state index contributed by atoms with van der Waals surface area (Å²) in [5, 5.41) is -0.498. The molecule has 0 aliphatic rings. The molecule has 0 aromatic carbocycles. The van der Waals surface area contributed by atoms with E-state index in [2.05, 4.69) is 4.98 Å². The molecule has 0 bridgehead atoms. The van der Waals surface area contributed by atoms with Crippen LogP contribution in [-0.2, 0) is 10.0 Å². The Bertz CT molecular complexity index is 474. The number of nitrogens with zero attached hydrogens (tertiary/aromatic N) is 2. The molecule has 0 amide bonds. The maximum absolute atomic E-state index is 13.5. The van der Waals surface area contributed by atoms with Crippen LogP contribution in [0.15, 0.2) is 23.4 Å². The normalized spacial score (nSPS) is 12.4. The Kier molecular flexibility index (Phi) is 4.59. The third-order valence-electron chi connectivity index (χ3n) is 2.30. The summed E-state index contributed by atoms with van der Waals surface area (Å²) >= 11 is 0. The number of pyridine rings is 1. The van der Waals surface area contributed by atoms with Gasteiger partial charge in [0, 0.05) is 18.8 Å². The van der Waals surface area contributed by atoms with Gasteiger partial charge in [0.05, 0.1) is 0 Å². The van der Waals surface area contributed by atoms with Crippen LogP contribution >= 0.6 is 0 Å². The van der Waals surface area contributed by atoms with Gasteiger partial charge in [-0.1, -0.05) is 6.92 Å². The Balaban J connectivity index is 3.22. The first-order valence-corrected chi connectivity index (χ1v) is 6.97. The van der Waals surface area contributed by atoms with Gasteiger partial charge in [-0.15, -0.1) is 0 Å². The van der Waals surface area contributed by atoms with Gasteiger partial charge in [0.15, 0.2) is 5.82 Å². The average Bonchev–Trinajstić information content (AvgIpc) is 2.25. The Labute approximate surface area is 102 Å². The predicted molar refractivity (Wildman–Crippen MR) is 63.5 cm³/mol. The molecule has 0 unspecified atom stereocenters. The van der Waals surface area contributed by atoms with Crippen molar-refractivity contribution in [3.63, 3.8) is 0 Å². The summed E-state index contributed by atoms with van der Waals surface area (Å²) < 4.78 is 39.2. The molecule has 0 atom stereocenters. The van der Waals surface area contributed by atoms with Crippen LogP contribution in [-0.4, -0.2) is 30.3 Å². The lowest BCUT2D eigenvalue weighted by Gasteiger charge is -2.24. The molecule has 1 aromatic heterocycles. The van der Waals surface area contributed by atoms with Crippen molar-refractivity contribution in [2.75, 3.05) is 6.54 Å². The zero-order valence-corrected chi connectivity index (χ0v) is 11.0. The number of halogens is 1. The van der Waals surface area contributed by atoms with Crippen LogP contribution in [0.2, 0.25) is 0 Å². The van der Waals surface area contributed by atoms with Crippen LogP contribution in [0.5, 0.6) is 0 Å². The second kappa shape index (κ2) is 5.55. The van der Waals surface area contributed by atoms with E-state index < -0.39 is 20.9 Å². The van der Waals surface area contributed by atoms with Gasteiger partial charge in [-0.25, -0.2) is 17.8 Å². The van der Waals surface area contributed by atoms with Gasteiger partial charge >= 0.3 is 0 Å². The van der Waals surface area contributed by atoms with Crippen molar-refractivity contribution in [2.24, 2.45) is 0 Å². The molecular weight excluding hydrogens is 243 g/mol. The molecular formula is C11H17FN2O2S. The van der Waals surface area contributed by atoms with Gasteiger partial charge in [0.2, 0.25) is 5.03 Å². The summed E-state index contributed by atoms with van der Waals surface area (Å²) in [6.07, 6.45) is 1.95. The van der Waals surface area contributed by atoms with Crippen molar-refractivity contribution in [1.29, 1.82) is 0 Å². The van der Waals surface area contributed by atoms with E-state index in [0.717, 1.165) is 6.07 Å². The number of rotatable bonds is 5. The van der Waals surface area contributed by atoms with Crippen LogP contribution in [0.1, 0.15) is 27.2 Å². The van der Waals surface area contributed by atoms with E-state index in [9.17, 15) is 12.8 Å². The van der Waals surface area contributed by atoms with Crippen LogP contribution in [0.3, 0.4) is 0 Å². The molecule has 4 nitrogen and oxygen atoms in total. The Morgan fingerprint density at radius 2 is 2.12 bits per heavy atom. The molecule has 96 valence electrons. The van der Waals surface area contributed by atoms with Gasteiger partial charge in [-0.2, -0.15) is 4.31 Å². The minimum atomic E-state index is -3.85. The molecule has 1 rings (SSSR count). The fraction of sp³-hybridized carbons (Fsp3) is 0.545. The number of sulfonamides is 1. The molecule has 1 heterocycles. The van der Waals surface area contributed by atoms with E-state index in [0.29, 0.717) is 13.0 Å². The lowest BCUT2D eigenvalue weighted by Crippen LogP contribution is -2.38. The third-order valence-corrected chi connectivity index (χ3v) is 4.31. The molecule has 0 aliphatic carbocycles. The lowest BCUT2D eigenvalue weighted by atomic mass is 10.4. The summed E-state index contributed by atoms with van der Waals surface area (Å²) in [4.78, 5) is 3.63.